The van der Waals surface area contributed by atoms with Crippen LogP contribution in [0.1, 0.15) is 29.1 Å². The molecule has 2 heterocycles. The Bertz CT molecular complexity index is 899. The summed E-state index contributed by atoms with van der Waals surface area (Å²) in [6.45, 7) is 3.69. The third kappa shape index (κ3) is 5.53. The Morgan fingerprint density at radius 1 is 1.22 bits per heavy atom. The number of fused-ring (bicyclic) bond motifs is 1. The summed E-state index contributed by atoms with van der Waals surface area (Å²) >= 11 is 1.74. The summed E-state index contributed by atoms with van der Waals surface area (Å²) in [5.74, 6) is 0.592. The second kappa shape index (κ2) is 9.50. The topological polar surface area (TPSA) is 65.1 Å². The van der Waals surface area contributed by atoms with Crippen molar-refractivity contribution in [2.45, 2.75) is 32.6 Å². The molecule has 0 aliphatic carbocycles. The molecule has 0 unspecified atom stereocenters. The summed E-state index contributed by atoms with van der Waals surface area (Å²) in [7, 11) is 1.78. The van der Waals surface area contributed by atoms with Gasteiger partial charge in [-0.1, -0.05) is 0 Å². The Hall–Kier alpha value is -2.41. The Morgan fingerprint density at radius 2 is 2.07 bits per heavy atom. The molecule has 0 amide bonds. The lowest BCUT2D eigenvalue weighted by atomic mass is 10.1. The minimum absolute atomic E-state index is 0.219. The Balaban J connectivity index is 1.36. The number of guanidine groups is 1. The van der Waals surface area contributed by atoms with Crippen LogP contribution in [-0.2, 0) is 12.8 Å². The predicted molar refractivity (Wildman–Crippen MR) is 111 cm³/mol. The number of benzene rings is 1. The van der Waals surface area contributed by atoms with E-state index in [0.717, 1.165) is 61.3 Å². The van der Waals surface area contributed by atoms with Crippen LogP contribution in [0.2, 0.25) is 0 Å². The van der Waals surface area contributed by atoms with Crippen LogP contribution < -0.4 is 10.6 Å². The van der Waals surface area contributed by atoms with E-state index in [1.54, 1.807) is 18.4 Å². The molecule has 0 aliphatic rings. The minimum Gasteiger partial charge on any atom is -0.361 e. The van der Waals surface area contributed by atoms with Crippen molar-refractivity contribution in [1.82, 2.24) is 20.6 Å². The number of hydrogen-bond acceptors (Lipinski definition) is 3. The van der Waals surface area contributed by atoms with E-state index in [-0.39, 0.29) is 5.82 Å². The van der Waals surface area contributed by atoms with E-state index in [2.05, 4.69) is 31.0 Å². The standard InChI is InChI=1S/C20H26FN5S/c1-14-13-27-19(26-14)5-3-4-9-23-20(22-2)24-10-8-15-12-25-18-11-16(21)6-7-17(15)18/h6-7,11-13,25H,3-5,8-10H2,1-2H3,(H2,22,23,24). The van der Waals surface area contributed by atoms with Gasteiger partial charge in [0.15, 0.2) is 5.96 Å². The molecule has 1 aromatic carbocycles. The van der Waals surface area contributed by atoms with Gasteiger partial charge in [0, 0.05) is 48.3 Å². The number of hydrogen-bond donors (Lipinski definition) is 3. The number of aryl methyl sites for hydroxylation is 2. The van der Waals surface area contributed by atoms with Gasteiger partial charge in [0.1, 0.15) is 5.82 Å². The molecule has 5 nitrogen and oxygen atoms in total. The van der Waals surface area contributed by atoms with Gasteiger partial charge >= 0.3 is 0 Å². The highest BCUT2D eigenvalue weighted by atomic mass is 32.1. The highest BCUT2D eigenvalue weighted by molar-refractivity contribution is 7.09. The lowest BCUT2D eigenvalue weighted by molar-refractivity contribution is 0.629. The van der Waals surface area contributed by atoms with E-state index in [4.69, 9.17) is 0 Å². The zero-order valence-electron chi connectivity index (χ0n) is 15.8. The molecule has 0 saturated carbocycles. The maximum atomic E-state index is 13.3. The van der Waals surface area contributed by atoms with Crippen molar-refractivity contribution < 1.29 is 4.39 Å². The maximum Gasteiger partial charge on any atom is 0.190 e. The van der Waals surface area contributed by atoms with Gasteiger partial charge in [0.05, 0.1) is 5.01 Å². The predicted octanol–water partition coefficient (Wildman–Crippen LogP) is 3.80. The molecule has 144 valence electrons. The number of aromatic nitrogens is 2. The molecule has 0 fully saturated rings. The Morgan fingerprint density at radius 3 is 2.85 bits per heavy atom. The molecule has 7 heteroatoms. The smallest absolute Gasteiger partial charge is 0.190 e. The van der Waals surface area contributed by atoms with E-state index in [0.29, 0.717) is 0 Å². The number of nitrogens with zero attached hydrogens (tertiary/aromatic N) is 2. The number of aromatic amines is 1. The van der Waals surface area contributed by atoms with Crippen molar-refractivity contribution in [3.63, 3.8) is 0 Å². The fraction of sp³-hybridized carbons (Fsp3) is 0.400. The first-order valence-corrected chi connectivity index (χ1v) is 10.1. The number of halogens is 1. The molecule has 3 rings (SSSR count). The molecule has 3 aromatic rings. The summed E-state index contributed by atoms with van der Waals surface area (Å²) in [4.78, 5) is 11.9. The second-order valence-corrected chi connectivity index (χ2v) is 7.46. The van der Waals surface area contributed by atoms with Crippen LogP contribution in [0.15, 0.2) is 34.8 Å². The van der Waals surface area contributed by atoms with Crippen molar-refractivity contribution >= 4 is 28.2 Å². The lowest BCUT2D eigenvalue weighted by Crippen LogP contribution is -2.38. The second-order valence-electron chi connectivity index (χ2n) is 6.52. The average molecular weight is 388 g/mol. The zero-order valence-corrected chi connectivity index (χ0v) is 16.6. The number of aliphatic imine (C=N–C) groups is 1. The van der Waals surface area contributed by atoms with Gasteiger partial charge in [0.25, 0.3) is 0 Å². The van der Waals surface area contributed by atoms with E-state index in [1.807, 2.05) is 19.2 Å². The summed E-state index contributed by atoms with van der Waals surface area (Å²) in [6.07, 6.45) is 6.02. The normalized spacial score (nSPS) is 11.9. The summed E-state index contributed by atoms with van der Waals surface area (Å²) < 4.78 is 13.3. The van der Waals surface area contributed by atoms with Crippen LogP contribution in [0.5, 0.6) is 0 Å². The number of thiazole rings is 1. The number of H-pyrrole nitrogens is 1. The molecule has 0 radical (unpaired) electrons. The molecule has 3 N–H and O–H groups in total. The van der Waals surface area contributed by atoms with Crippen LogP contribution in [0.25, 0.3) is 10.9 Å². The average Bonchev–Trinajstić information content (AvgIpc) is 3.25. The van der Waals surface area contributed by atoms with Crippen LogP contribution in [-0.4, -0.2) is 36.1 Å². The van der Waals surface area contributed by atoms with Gasteiger partial charge in [-0.3, -0.25) is 4.99 Å². The Labute approximate surface area is 163 Å². The third-order valence-corrected chi connectivity index (χ3v) is 5.44. The van der Waals surface area contributed by atoms with E-state index < -0.39 is 0 Å². The lowest BCUT2D eigenvalue weighted by Gasteiger charge is -2.11. The highest BCUT2D eigenvalue weighted by Gasteiger charge is 2.05. The van der Waals surface area contributed by atoms with Crippen LogP contribution in [0, 0.1) is 12.7 Å². The van der Waals surface area contributed by atoms with Crippen LogP contribution in [0.4, 0.5) is 4.39 Å². The molecule has 0 atom stereocenters. The number of unbranched alkanes of at least 4 members (excludes halogenated alkanes) is 1. The molecule has 0 saturated heterocycles. The van der Waals surface area contributed by atoms with Crippen molar-refractivity contribution in [1.29, 1.82) is 0 Å². The van der Waals surface area contributed by atoms with E-state index in [1.165, 1.54) is 22.7 Å². The molecular formula is C20H26FN5S. The fourth-order valence-electron chi connectivity index (χ4n) is 3.03. The van der Waals surface area contributed by atoms with Gasteiger partial charge in [-0.15, -0.1) is 11.3 Å². The van der Waals surface area contributed by atoms with Gasteiger partial charge in [0.2, 0.25) is 0 Å². The van der Waals surface area contributed by atoms with Gasteiger partial charge < -0.3 is 15.6 Å². The largest absolute Gasteiger partial charge is 0.361 e. The zero-order chi connectivity index (χ0) is 19.1. The van der Waals surface area contributed by atoms with Crippen molar-refractivity contribution in [3.8, 4) is 0 Å². The third-order valence-electron chi connectivity index (χ3n) is 4.42. The first-order chi connectivity index (χ1) is 13.2. The molecule has 27 heavy (non-hydrogen) atoms. The Kier molecular flexibility index (Phi) is 6.81. The summed E-state index contributed by atoms with van der Waals surface area (Å²) in [5.41, 5.74) is 3.12. The minimum atomic E-state index is -0.219. The summed E-state index contributed by atoms with van der Waals surface area (Å²) in [5, 5.41) is 11.1. The first-order valence-electron chi connectivity index (χ1n) is 9.27. The van der Waals surface area contributed by atoms with Gasteiger partial charge in [-0.25, -0.2) is 9.37 Å². The maximum absolute atomic E-state index is 13.3. The summed E-state index contributed by atoms with van der Waals surface area (Å²) in [6, 6.07) is 4.86. The molecule has 2 aromatic heterocycles. The van der Waals surface area contributed by atoms with E-state index in [9.17, 15) is 4.39 Å². The SMILES string of the molecule is CN=C(NCCCCc1nc(C)cs1)NCCc1c[nH]c2cc(F)ccc12. The van der Waals surface area contributed by atoms with Crippen LogP contribution in [0.3, 0.4) is 0 Å². The fourth-order valence-corrected chi connectivity index (χ4v) is 3.85. The molecule has 0 spiro atoms. The monoisotopic (exact) mass is 387 g/mol. The molecular weight excluding hydrogens is 361 g/mol. The highest BCUT2D eigenvalue weighted by Crippen LogP contribution is 2.19. The van der Waals surface area contributed by atoms with Gasteiger partial charge in [-0.05, 0) is 56.4 Å². The van der Waals surface area contributed by atoms with Crippen LogP contribution >= 0.6 is 11.3 Å². The molecule has 0 aliphatic heterocycles. The van der Waals surface area contributed by atoms with Gasteiger partial charge in [-0.2, -0.15) is 0 Å². The first kappa shape index (κ1) is 19.4. The quantitative estimate of drug-likeness (QED) is 0.313. The number of rotatable bonds is 8. The van der Waals surface area contributed by atoms with Crippen molar-refractivity contribution in [2.75, 3.05) is 20.1 Å². The van der Waals surface area contributed by atoms with Crippen molar-refractivity contribution in [2.24, 2.45) is 4.99 Å². The number of nitrogens with one attached hydrogen (secondary N) is 3. The van der Waals surface area contributed by atoms with E-state index >= 15 is 0 Å². The van der Waals surface area contributed by atoms with Crippen molar-refractivity contribution in [3.05, 3.63) is 51.9 Å². The molecule has 0 bridgehead atoms.